The maximum atomic E-state index is 6.08. The Hall–Kier alpha value is -2.51. The summed E-state index contributed by atoms with van der Waals surface area (Å²) < 4.78 is 5.97. The first kappa shape index (κ1) is 12.1. The van der Waals surface area contributed by atoms with Gasteiger partial charge in [0.25, 0.3) is 0 Å². The number of benzene rings is 4. The third kappa shape index (κ3) is 1.60. The topological polar surface area (TPSA) is 13.1 Å². The Kier molecular flexibility index (Phi) is 2.33. The van der Waals surface area contributed by atoms with E-state index in [9.17, 15) is 0 Å². The second kappa shape index (κ2) is 4.25. The first-order valence-corrected chi connectivity index (χ1v) is 7.61. The number of fused-ring (bicyclic) bond motifs is 6. The Bertz CT molecular complexity index is 1180. The van der Waals surface area contributed by atoms with Crippen LogP contribution in [-0.2, 0) is 0 Å². The van der Waals surface area contributed by atoms with Gasteiger partial charge in [0.05, 0.1) is 0 Å². The SMILES string of the molecule is Clc1ccc2c(c1)oc1ccc3cc4ccccc4cc3c12. The van der Waals surface area contributed by atoms with Crippen LogP contribution in [0.1, 0.15) is 0 Å². The first-order valence-electron chi connectivity index (χ1n) is 7.23. The lowest BCUT2D eigenvalue weighted by Gasteiger charge is -2.03. The maximum Gasteiger partial charge on any atom is 0.136 e. The van der Waals surface area contributed by atoms with E-state index < -0.39 is 0 Å². The minimum atomic E-state index is 0.696. The highest BCUT2D eigenvalue weighted by atomic mass is 35.5. The second-order valence-electron chi connectivity index (χ2n) is 5.60. The third-order valence-corrected chi connectivity index (χ3v) is 4.52. The van der Waals surface area contributed by atoms with Crippen molar-refractivity contribution in [1.82, 2.24) is 0 Å². The highest BCUT2D eigenvalue weighted by Crippen LogP contribution is 2.37. The van der Waals surface area contributed by atoms with Gasteiger partial charge in [-0.1, -0.05) is 41.9 Å². The van der Waals surface area contributed by atoms with Crippen molar-refractivity contribution in [3.63, 3.8) is 0 Å². The summed E-state index contributed by atoms with van der Waals surface area (Å²) in [5, 5.41) is 7.91. The molecular formula is C20H11ClO. The van der Waals surface area contributed by atoms with E-state index in [4.69, 9.17) is 16.0 Å². The molecule has 0 bridgehead atoms. The molecule has 0 radical (unpaired) electrons. The highest BCUT2D eigenvalue weighted by molar-refractivity contribution is 6.32. The van der Waals surface area contributed by atoms with Gasteiger partial charge in [-0.2, -0.15) is 0 Å². The molecule has 0 atom stereocenters. The van der Waals surface area contributed by atoms with Gasteiger partial charge in [-0.25, -0.2) is 0 Å². The van der Waals surface area contributed by atoms with Crippen LogP contribution in [0.4, 0.5) is 0 Å². The van der Waals surface area contributed by atoms with Gasteiger partial charge in [0.1, 0.15) is 11.2 Å². The van der Waals surface area contributed by atoms with Gasteiger partial charge in [0.2, 0.25) is 0 Å². The molecule has 2 heteroatoms. The normalized spacial score (nSPS) is 11.9. The van der Waals surface area contributed by atoms with Crippen LogP contribution < -0.4 is 0 Å². The molecule has 1 nitrogen and oxygen atoms in total. The Morgan fingerprint density at radius 1 is 0.636 bits per heavy atom. The fraction of sp³-hybridized carbons (Fsp3) is 0. The van der Waals surface area contributed by atoms with E-state index in [1.807, 2.05) is 24.3 Å². The molecule has 22 heavy (non-hydrogen) atoms. The molecule has 104 valence electrons. The second-order valence-corrected chi connectivity index (χ2v) is 6.04. The van der Waals surface area contributed by atoms with Gasteiger partial charge in [0, 0.05) is 21.9 Å². The lowest BCUT2D eigenvalue weighted by molar-refractivity contribution is 0.669. The molecule has 0 spiro atoms. The van der Waals surface area contributed by atoms with Gasteiger partial charge in [-0.05, 0) is 51.9 Å². The van der Waals surface area contributed by atoms with Crippen molar-refractivity contribution < 1.29 is 4.42 Å². The molecule has 4 aromatic carbocycles. The number of hydrogen-bond donors (Lipinski definition) is 0. The fourth-order valence-corrected chi connectivity index (χ4v) is 3.42. The van der Waals surface area contributed by atoms with Crippen LogP contribution in [0.15, 0.2) is 71.1 Å². The van der Waals surface area contributed by atoms with Crippen LogP contribution in [-0.4, -0.2) is 0 Å². The van der Waals surface area contributed by atoms with Crippen molar-refractivity contribution in [3.05, 3.63) is 71.8 Å². The van der Waals surface area contributed by atoms with E-state index in [-0.39, 0.29) is 0 Å². The van der Waals surface area contributed by atoms with Crippen molar-refractivity contribution in [2.24, 2.45) is 0 Å². The zero-order chi connectivity index (χ0) is 14.7. The quantitative estimate of drug-likeness (QED) is 0.296. The molecule has 0 aliphatic heterocycles. The summed E-state index contributed by atoms with van der Waals surface area (Å²) in [5.74, 6) is 0. The lowest BCUT2D eigenvalue weighted by atomic mass is 9.99. The zero-order valence-electron chi connectivity index (χ0n) is 11.6. The molecule has 0 saturated heterocycles. The summed E-state index contributed by atoms with van der Waals surface area (Å²) in [6.07, 6.45) is 0. The van der Waals surface area contributed by atoms with E-state index in [1.165, 1.54) is 21.5 Å². The van der Waals surface area contributed by atoms with Crippen molar-refractivity contribution in [2.75, 3.05) is 0 Å². The number of halogens is 1. The molecule has 0 fully saturated rings. The largest absolute Gasteiger partial charge is 0.456 e. The Morgan fingerprint density at radius 2 is 1.45 bits per heavy atom. The Labute approximate surface area is 131 Å². The van der Waals surface area contributed by atoms with Gasteiger partial charge in [-0.3, -0.25) is 0 Å². The molecule has 0 N–H and O–H groups in total. The van der Waals surface area contributed by atoms with E-state index in [0.717, 1.165) is 21.9 Å². The molecule has 5 rings (SSSR count). The van der Waals surface area contributed by atoms with E-state index >= 15 is 0 Å². The van der Waals surface area contributed by atoms with E-state index in [1.54, 1.807) is 0 Å². The number of rotatable bonds is 0. The molecule has 5 aromatic rings. The van der Waals surface area contributed by atoms with Crippen LogP contribution in [0.2, 0.25) is 5.02 Å². The average Bonchev–Trinajstić information content (AvgIpc) is 2.90. The van der Waals surface area contributed by atoms with Crippen molar-refractivity contribution in [2.45, 2.75) is 0 Å². The maximum absolute atomic E-state index is 6.08. The average molecular weight is 303 g/mol. The van der Waals surface area contributed by atoms with Crippen LogP contribution in [0.3, 0.4) is 0 Å². The Morgan fingerprint density at radius 3 is 2.32 bits per heavy atom. The van der Waals surface area contributed by atoms with Crippen molar-refractivity contribution >= 4 is 55.1 Å². The highest BCUT2D eigenvalue weighted by Gasteiger charge is 2.11. The molecular weight excluding hydrogens is 292 g/mol. The molecule has 0 aliphatic carbocycles. The summed E-state index contributed by atoms with van der Waals surface area (Å²) in [5.41, 5.74) is 1.74. The standard InChI is InChI=1S/C20H11ClO/c21-15-6-7-16-19(11-15)22-18-8-5-14-9-12-3-1-2-4-13(12)10-17(14)20(16)18/h1-11H. The number of furan rings is 1. The summed E-state index contributed by atoms with van der Waals surface area (Å²) in [6, 6.07) is 22.9. The van der Waals surface area contributed by atoms with Crippen LogP contribution in [0.25, 0.3) is 43.5 Å². The van der Waals surface area contributed by atoms with Crippen LogP contribution in [0.5, 0.6) is 0 Å². The van der Waals surface area contributed by atoms with Gasteiger partial charge in [-0.15, -0.1) is 0 Å². The predicted molar refractivity (Wildman–Crippen MR) is 93.7 cm³/mol. The Balaban J connectivity index is 2.05. The third-order valence-electron chi connectivity index (χ3n) is 4.28. The zero-order valence-corrected chi connectivity index (χ0v) is 12.4. The van der Waals surface area contributed by atoms with Gasteiger partial charge >= 0.3 is 0 Å². The molecule has 0 unspecified atom stereocenters. The molecule has 0 amide bonds. The minimum Gasteiger partial charge on any atom is -0.456 e. The van der Waals surface area contributed by atoms with Gasteiger partial charge < -0.3 is 4.42 Å². The monoisotopic (exact) mass is 302 g/mol. The van der Waals surface area contributed by atoms with E-state index in [2.05, 4.69) is 42.5 Å². The fourth-order valence-electron chi connectivity index (χ4n) is 3.26. The molecule has 1 heterocycles. The van der Waals surface area contributed by atoms with E-state index in [0.29, 0.717) is 5.02 Å². The van der Waals surface area contributed by atoms with Crippen molar-refractivity contribution in [1.29, 1.82) is 0 Å². The summed E-state index contributed by atoms with van der Waals surface area (Å²) in [7, 11) is 0. The summed E-state index contributed by atoms with van der Waals surface area (Å²) in [6.45, 7) is 0. The molecule has 0 saturated carbocycles. The van der Waals surface area contributed by atoms with Gasteiger partial charge in [0.15, 0.2) is 0 Å². The lowest BCUT2D eigenvalue weighted by Crippen LogP contribution is -1.77. The smallest absolute Gasteiger partial charge is 0.136 e. The van der Waals surface area contributed by atoms with Crippen LogP contribution >= 0.6 is 11.6 Å². The first-order chi connectivity index (χ1) is 10.8. The van der Waals surface area contributed by atoms with Crippen molar-refractivity contribution in [3.8, 4) is 0 Å². The van der Waals surface area contributed by atoms with Crippen LogP contribution in [0, 0.1) is 0 Å². The summed E-state index contributed by atoms with van der Waals surface area (Å²) >= 11 is 6.08. The molecule has 1 aromatic heterocycles. The minimum absolute atomic E-state index is 0.696. The number of hydrogen-bond acceptors (Lipinski definition) is 1. The molecule has 0 aliphatic rings. The predicted octanol–water partition coefficient (Wildman–Crippen LogP) is 6.55. The summed E-state index contributed by atoms with van der Waals surface area (Å²) in [4.78, 5) is 0.